The van der Waals surface area contributed by atoms with Crippen molar-refractivity contribution in [1.29, 1.82) is 0 Å². The van der Waals surface area contributed by atoms with Gasteiger partial charge in [-0.25, -0.2) is 14.4 Å². The summed E-state index contributed by atoms with van der Waals surface area (Å²) in [5, 5.41) is 9.62. The van der Waals surface area contributed by atoms with Gasteiger partial charge in [-0.2, -0.15) is 0 Å². The maximum atomic E-state index is 11.6. The minimum absolute atomic E-state index is 0.236. The molecule has 0 fully saturated rings. The van der Waals surface area contributed by atoms with Gasteiger partial charge in [0.05, 0.1) is 19.6 Å². The van der Waals surface area contributed by atoms with Gasteiger partial charge >= 0.3 is 23.9 Å². The van der Waals surface area contributed by atoms with Gasteiger partial charge in [-0.1, -0.05) is 52.4 Å². The molecule has 0 bridgehead atoms. The molecule has 9 heteroatoms. The molecule has 1 atom stereocenters. The van der Waals surface area contributed by atoms with Gasteiger partial charge in [0.15, 0.2) is 19.3 Å². The molecule has 9 nitrogen and oxygen atoms in total. The van der Waals surface area contributed by atoms with E-state index >= 15 is 0 Å². The van der Waals surface area contributed by atoms with Crippen LogP contribution in [0.15, 0.2) is 0 Å². The lowest BCUT2D eigenvalue weighted by Gasteiger charge is -2.10. The van der Waals surface area contributed by atoms with Crippen molar-refractivity contribution in [2.75, 3.05) is 26.4 Å². The first-order valence-corrected chi connectivity index (χ1v) is 10.2. The van der Waals surface area contributed by atoms with Gasteiger partial charge in [-0.05, 0) is 12.8 Å². The summed E-state index contributed by atoms with van der Waals surface area (Å²) >= 11 is 0. The van der Waals surface area contributed by atoms with Gasteiger partial charge in [-0.15, -0.1) is 0 Å². The second kappa shape index (κ2) is 17.9. The van der Waals surface area contributed by atoms with E-state index in [1.807, 2.05) is 0 Å². The van der Waals surface area contributed by atoms with E-state index < -0.39 is 49.6 Å². The fourth-order valence-electron chi connectivity index (χ4n) is 2.18. The van der Waals surface area contributed by atoms with E-state index in [0.29, 0.717) is 0 Å². The zero-order chi connectivity index (χ0) is 21.9. The summed E-state index contributed by atoms with van der Waals surface area (Å²) in [5.74, 6) is -3.54. The molecule has 0 aromatic carbocycles. The summed E-state index contributed by atoms with van der Waals surface area (Å²) in [6.45, 7) is 3.37. The molecule has 0 spiro atoms. The molecular formula is C20H34O9. The monoisotopic (exact) mass is 418 g/mol. The minimum atomic E-state index is -1.80. The summed E-state index contributed by atoms with van der Waals surface area (Å²) in [7, 11) is 0. The van der Waals surface area contributed by atoms with Crippen LogP contribution >= 0.6 is 0 Å². The van der Waals surface area contributed by atoms with E-state index in [4.69, 9.17) is 9.47 Å². The third-order valence-corrected chi connectivity index (χ3v) is 3.84. The first-order valence-electron chi connectivity index (χ1n) is 10.2. The maximum Gasteiger partial charge on any atom is 0.344 e. The highest BCUT2D eigenvalue weighted by Gasteiger charge is 2.23. The van der Waals surface area contributed by atoms with Crippen molar-refractivity contribution in [1.82, 2.24) is 0 Å². The van der Waals surface area contributed by atoms with Gasteiger partial charge in [0.1, 0.15) is 0 Å². The highest BCUT2D eigenvalue weighted by molar-refractivity contribution is 5.84. The average Bonchev–Trinajstić information content (AvgIpc) is 2.70. The van der Waals surface area contributed by atoms with E-state index in [0.717, 1.165) is 51.4 Å². The number of rotatable bonds is 17. The number of aliphatic hydroxyl groups excluding tert-OH is 1. The van der Waals surface area contributed by atoms with Crippen LogP contribution in [-0.4, -0.2) is 61.5 Å². The molecule has 0 amide bonds. The number of esters is 4. The Morgan fingerprint density at radius 2 is 1.14 bits per heavy atom. The van der Waals surface area contributed by atoms with Crippen molar-refractivity contribution < 1.29 is 43.2 Å². The van der Waals surface area contributed by atoms with Gasteiger partial charge in [0.25, 0.3) is 0 Å². The zero-order valence-electron chi connectivity index (χ0n) is 17.5. The van der Waals surface area contributed by atoms with Crippen LogP contribution in [0.1, 0.15) is 71.6 Å². The van der Waals surface area contributed by atoms with Gasteiger partial charge < -0.3 is 24.1 Å². The summed E-state index contributed by atoms with van der Waals surface area (Å²) < 4.78 is 19.0. The highest BCUT2D eigenvalue weighted by atomic mass is 16.6. The van der Waals surface area contributed by atoms with Gasteiger partial charge in [0.2, 0.25) is 0 Å². The summed E-state index contributed by atoms with van der Waals surface area (Å²) in [6.07, 6.45) is 5.08. The Balaban J connectivity index is 3.85. The number of ether oxygens (including phenoxy) is 4. The van der Waals surface area contributed by atoms with Crippen molar-refractivity contribution in [3.8, 4) is 0 Å². The standard InChI is InChI=1S/C20H34O9/c1-3-5-7-9-11-26-18(23)14-28-17(22)13-16(21)20(25)29-15-19(24)27-12-10-8-6-4-2/h16,21H,3-15H2,1-2H3. The van der Waals surface area contributed by atoms with Crippen LogP contribution in [0.4, 0.5) is 0 Å². The van der Waals surface area contributed by atoms with Crippen molar-refractivity contribution in [2.45, 2.75) is 77.7 Å². The van der Waals surface area contributed by atoms with E-state index in [1.54, 1.807) is 0 Å². The lowest BCUT2D eigenvalue weighted by Crippen LogP contribution is -2.29. The first kappa shape index (κ1) is 26.8. The Hall–Kier alpha value is -2.16. The quantitative estimate of drug-likeness (QED) is 0.215. The predicted molar refractivity (Wildman–Crippen MR) is 103 cm³/mol. The van der Waals surface area contributed by atoms with Crippen molar-refractivity contribution in [2.24, 2.45) is 0 Å². The normalized spacial score (nSPS) is 11.4. The second-order valence-electron chi connectivity index (χ2n) is 6.55. The topological polar surface area (TPSA) is 125 Å². The molecule has 0 aromatic rings. The lowest BCUT2D eigenvalue weighted by atomic mass is 10.2. The van der Waals surface area contributed by atoms with Gasteiger partial charge in [0, 0.05) is 0 Å². The largest absolute Gasteiger partial charge is 0.463 e. The highest BCUT2D eigenvalue weighted by Crippen LogP contribution is 2.02. The molecule has 0 rings (SSSR count). The third kappa shape index (κ3) is 16.5. The lowest BCUT2D eigenvalue weighted by molar-refractivity contribution is -0.168. The minimum Gasteiger partial charge on any atom is -0.463 e. The molecule has 0 aromatic heterocycles. The molecule has 1 N–H and O–H groups in total. The molecule has 0 aliphatic heterocycles. The molecule has 0 radical (unpaired) electrons. The number of carbonyl (C=O) groups excluding carboxylic acids is 4. The van der Waals surface area contributed by atoms with Crippen LogP contribution < -0.4 is 0 Å². The Kier molecular flexibility index (Phi) is 16.6. The summed E-state index contributed by atoms with van der Waals surface area (Å²) in [6, 6.07) is 0. The number of hydrogen-bond acceptors (Lipinski definition) is 9. The number of unbranched alkanes of at least 4 members (excludes halogenated alkanes) is 6. The van der Waals surface area contributed by atoms with E-state index in [1.165, 1.54) is 0 Å². The predicted octanol–water partition coefficient (Wildman–Crippen LogP) is 2.07. The fraction of sp³-hybridized carbons (Fsp3) is 0.800. The Labute approximate surface area is 172 Å². The van der Waals surface area contributed by atoms with Gasteiger partial charge in [-0.3, -0.25) is 4.79 Å². The van der Waals surface area contributed by atoms with E-state index in [9.17, 15) is 24.3 Å². The SMILES string of the molecule is CCCCCCOC(=O)COC(=O)CC(O)C(=O)OCC(=O)OCCCCCC. The van der Waals surface area contributed by atoms with E-state index in [2.05, 4.69) is 23.3 Å². The molecule has 0 heterocycles. The zero-order valence-corrected chi connectivity index (χ0v) is 17.5. The third-order valence-electron chi connectivity index (χ3n) is 3.84. The molecule has 0 aliphatic rings. The molecule has 1 unspecified atom stereocenters. The van der Waals surface area contributed by atoms with Crippen molar-refractivity contribution in [3.63, 3.8) is 0 Å². The second-order valence-corrected chi connectivity index (χ2v) is 6.55. The number of carbonyl (C=O) groups is 4. The first-order chi connectivity index (χ1) is 13.9. The van der Waals surface area contributed by atoms with Crippen LogP contribution in [0, 0.1) is 0 Å². The summed E-state index contributed by atoms with van der Waals surface area (Å²) in [4.78, 5) is 46.0. The fourth-order valence-corrected chi connectivity index (χ4v) is 2.18. The number of aliphatic hydroxyl groups is 1. The molecule has 0 aliphatic carbocycles. The molecular weight excluding hydrogens is 384 g/mol. The van der Waals surface area contributed by atoms with Crippen LogP contribution in [0.3, 0.4) is 0 Å². The molecule has 29 heavy (non-hydrogen) atoms. The smallest absolute Gasteiger partial charge is 0.344 e. The Morgan fingerprint density at radius 3 is 1.62 bits per heavy atom. The Morgan fingerprint density at radius 1 is 0.655 bits per heavy atom. The van der Waals surface area contributed by atoms with E-state index in [-0.39, 0.29) is 13.2 Å². The Bertz CT molecular complexity index is 490. The average molecular weight is 418 g/mol. The van der Waals surface area contributed by atoms with Crippen molar-refractivity contribution in [3.05, 3.63) is 0 Å². The molecule has 168 valence electrons. The molecule has 0 saturated heterocycles. The summed E-state index contributed by atoms with van der Waals surface area (Å²) in [5.41, 5.74) is 0. The van der Waals surface area contributed by atoms with Crippen LogP contribution in [-0.2, 0) is 38.1 Å². The maximum absolute atomic E-state index is 11.6. The van der Waals surface area contributed by atoms with Crippen LogP contribution in [0.5, 0.6) is 0 Å². The van der Waals surface area contributed by atoms with Crippen molar-refractivity contribution >= 4 is 23.9 Å². The number of hydrogen-bond donors (Lipinski definition) is 1. The molecule has 0 saturated carbocycles. The van der Waals surface area contributed by atoms with Crippen LogP contribution in [0.2, 0.25) is 0 Å². The van der Waals surface area contributed by atoms with Crippen LogP contribution in [0.25, 0.3) is 0 Å².